The normalized spacial score (nSPS) is 22.9. The smallest absolute Gasteiger partial charge is 0.362 e. The van der Waals surface area contributed by atoms with E-state index in [0.29, 0.717) is 0 Å². The fraction of sp³-hybridized carbons (Fsp3) is 0.500. The topological polar surface area (TPSA) is 201 Å². The van der Waals surface area contributed by atoms with Crippen molar-refractivity contribution >= 4 is 39.6 Å². The van der Waals surface area contributed by atoms with Crippen molar-refractivity contribution in [3.05, 3.63) is 11.8 Å². The highest BCUT2D eigenvalue weighted by atomic mass is 32.2. The summed E-state index contributed by atoms with van der Waals surface area (Å²) in [6, 6.07) is -2.30. The van der Waals surface area contributed by atoms with Crippen molar-refractivity contribution in [1.82, 2.24) is 9.62 Å². The first-order valence-corrected chi connectivity index (χ1v) is 9.30. The number of rotatable bonds is 7. The summed E-state index contributed by atoms with van der Waals surface area (Å²) in [6.45, 7) is 3.71. The molecule has 2 rings (SSSR count). The second-order valence-corrected chi connectivity index (χ2v) is 7.84. The molecule has 0 aromatic rings. The van der Waals surface area contributed by atoms with E-state index in [4.69, 9.17) is 20.2 Å². The highest BCUT2D eigenvalue weighted by molar-refractivity contribution is 7.84. The zero-order chi connectivity index (χ0) is 21.4. The molecule has 0 saturated carbocycles. The first-order chi connectivity index (χ1) is 12.8. The fourth-order valence-electron chi connectivity index (χ4n) is 2.31. The third kappa shape index (κ3) is 4.12. The van der Waals surface area contributed by atoms with Crippen LogP contribution in [0.1, 0.15) is 27.2 Å². The predicted molar refractivity (Wildman–Crippen MR) is 94.3 cm³/mol. The number of nitrogens with zero attached hydrogens (tertiary/aromatic N) is 3. The van der Waals surface area contributed by atoms with Gasteiger partial charge in [-0.2, -0.15) is 8.42 Å². The number of aliphatic imine (C=N–C) groups is 1. The number of oxime groups is 1. The van der Waals surface area contributed by atoms with Crippen LogP contribution in [0.25, 0.3) is 0 Å². The fourth-order valence-corrected chi connectivity index (χ4v) is 3.20. The van der Waals surface area contributed by atoms with Gasteiger partial charge in [-0.1, -0.05) is 5.16 Å². The van der Waals surface area contributed by atoms with Crippen molar-refractivity contribution < 1.29 is 37.3 Å². The van der Waals surface area contributed by atoms with Gasteiger partial charge in [0.2, 0.25) is 5.60 Å². The number of carbonyl (C=O) groups is 3. The molecule has 1 fully saturated rings. The van der Waals surface area contributed by atoms with E-state index in [-0.39, 0.29) is 22.3 Å². The Hall–Kier alpha value is -3.00. The van der Waals surface area contributed by atoms with Gasteiger partial charge in [-0.3, -0.25) is 14.1 Å². The molecule has 2 atom stereocenters. The lowest BCUT2D eigenvalue weighted by molar-refractivity contribution is -0.161. The van der Waals surface area contributed by atoms with Crippen LogP contribution in [0.15, 0.2) is 21.9 Å². The van der Waals surface area contributed by atoms with Crippen LogP contribution in [0.4, 0.5) is 0 Å². The summed E-state index contributed by atoms with van der Waals surface area (Å²) in [5, 5.41) is 14.9. The molecule has 2 aliphatic rings. The molecule has 154 valence electrons. The predicted octanol–water partition coefficient (Wildman–Crippen LogP) is -1.61. The Labute approximate surface area is 159 Å². The van der Waals surface area contributed by atoms with Crippen LogP contribution in [0.5, 0.6) is 0 Å². The number of hydrogen-bond acceptors (Lipinski definition) is 9. The molecule has 13 nitrogen and oxygen atoms in total. The zero-order valence-corrected chi connectivity index (χ0v) is 15.9. The standard InChI is InChI=1S/C14H19N5O8S/c1-6-9(12(21)19(6)28(24,25)26)17-11(20)10(7-4-5-8(15)16-7)18-27-14(2,3)13(22)23/h4,6,9H,5H2,1-3H3,(H2,15,16)(H,17,20)(H,22,23)(H,24,25,26)/b18-10-/t6-,9-/m0/s1. The summed E-state index contributed by atoms with van der Waals surface area (Å²) >= 11 is 0. The number of amides is 2. The third-order valence-electron chi connectivity index (χ3n) is 3.98. The molecule has 0 aliphatic carbocycles. The van der Waals surface area contributed by atoms with Gasteiger partial charge in [0.15, 0.2) is 5.71 Å². The summed E-state index contributed by atoms with van der Waals surface area (Å²) < 4.78 is 31.5. The number of aliphatic carboxylic acids is 1. The molecule has 0 aromatic heterocycles. The van der Waals surface area contributed by atoms with E-state index in [9.17, 15) is 22.8 Å². The SMILES string of the molecule is C[C@H]1[C@H](NC(=O)/C(=N\OC(C)(C)C(=O)O)C2=CCC(N)=N2)C(=O)N1S(=O)(=O)O. The molecule has 2 aliphatic heterocycles. The van der Waals surface area contributed by atoms with Crippen LogP contribution in [0.2, 0.25) is 0 Å². The maximum atomic E-state index is 12.6. The van der Waals surface area contributed by atoms with Gasteiger partial charge in [0, 0.05) is 6.42 Å². The molecule has 2 amide bonds. The Morgan fingerprint density at radius 1 is 1.46 bits per heavy atom. The monoisotopic (exact) mass is 417 g/mol. The van der Waals surface area contributed by atoms with Gasteiger partial charge in [0.25, 0.3) is 11.8 Å². The highest BCUT2D eigenvalue weighted by Gasteiger charge is 2.51. The lowest BCUT2D eigenvalue weighted by Crippen LogP contribution is -2.71. The van der Waals surface area contributed by atoms with Crippen molar-refractivity contribution in [2.45, 2.75) is 44.9 Å². The van der Waals surface area contributed by atoms with Crippen LogP contribution in [0.3, 0.4) is 0 Å². The van der Waals surface area contributed by atoms with Crippen molar-refractivity contribution in [3.63, 3.8) is 0 Å². The second kappa shape index (κ2) is 7.20. The summed E-state index contributed by atoms with van der Waals surface area (Å²) in [5.41, 5.74) is 3.36. The third-order valence-corrected chi connectivity index (χ3v) is 4.99. The number of β-lactam (4-membered cyclic amide) rings is 1. The number of amidine groups is 1. The number of carbonyl (C=O) groups excluding carboxylic acids is 2. The van der Waals surface area contributed by atoms with Gasteiger partial charge in [0.05, 0.1) is 11.7 Å². The molecule has 0 aromatic carbocycles. The molecule has 0 unspecified atom stereocenters. The van der Waals surface area contributed by atoms with E-state index < -0.39 is 51.5 Å². The molecule has 14 heteroatoms. The molecule has 0 spiro atoms. The highest BCUT2D eigenvalue weighted by Crippen LogP contribution is 2.23. The number of carboxylic acids is 1. The van der Waals surface area contributed by atoms with Crippen LogP contribution < -0.4 is 11.1 Å². The van der Waals surface area contributed by atoms with Crippen LogP contribution in [0, 0.1) is 0 Å². The van der Waals surface area contributed by atoms with Crippen molar-refractivity contribution in [2.24, 2.45) is 15.9 Å². The molecular formula is C14H19N5O8S. The Balaban J connectivity index is 2.24. The van der Waals surface area contributed by atoms with E-state index in [1.54, 1.807) is 0 Å². The first kappa shape index (κ1) is 21.3. The first-order valence-electron chi connectivity index (χ1n) is 7.90. The minimum Gasteiger partial charge on any atom is -0.478 e. The van der Waals surface area contributed by atoms with Crippen molar-refractivity contribution in [3.8, 4) is 0 Å². The summed E-state index contributed by atoms with van der Waals surface area (Å²) in [7, 11) is -4.75. The van der Waals surface area contributed by atoms with Gasteiger partial charge in [-0.05, 0) is 26.8 Å². The van der Waals surface area contributed by atoms with Crippen LogP contribution in [-0.2, 0) is 29.5 Å². The number of nitrogens with one attached hydrogen (secondary N) is 1. The Bertz CT molecular complexity index is 920. The molecule has 0 bridgehead atoms. The minimum absolute atomic E-state index is 0.00208. The van der Waals surface area contributed by atoms with E-state index in [0.717, 1.165) is 0 Å². The second-order valence-electron chi connectivity index (χ2n) is 6.55. The number of hydrogen-bond donors (Lipinski definition) is 4. The molecular weight excluding hydrogens is 398 g/mol. The van der Waals surface area contributed by atoms with Gasteiger partial charge >= 0.3 is 16.3 Å². The van der Waals surface area contributed by atoms with Gasteiger partial charge in [-0.25, -0.2) is 14.1 Å². The lowest BCUT2D eigenvalue weighted by Gasteiger charge is -2.42. The largest absolute Gasteiger partial charge is 0.478 e. The van der Waals surface area contributed by atoms with Gasteiger partial charge in [0.1, 0.15) is 11.9 Å². The van der Waals surface area contributed by atoms with Gasteiger partial charge in [-0.15, -0.1) is 0 Å². The van der Waals surface area contributed by atoms with E-state index in [2.05, 4.69) is 15.5 Å². The Kier molecular flexibility index (Phi) is 5.48. The van der Waals surface area contributed by atoms with Crippen LogP contribution in [-0.4, -0.2) is 69.4 Å². The van der Waals surface area contributed by atoms with Crippen molar-refractivity contribution in [1.29, 1.82) is 0 Å². The van der Waals surface area contributed by atoms with Gasteiger partial charge < -0.3 is 21.0 Å². The van der Waals surface area contributed by atoms with E-state index in [1.807, 2.05) is 0 Å². The summed E-state index contributed by atoms with van der Waals surface area (Å²) in [6.07, 6.45) is 1.67. The minimum atomic E-state index is -4.75. The summed E-state index contributed by atoms with van der Waals surface area (Å²) in [4.78, 5) is 44.5. The number of carboxylic acid groups (broad SMARTS) is 1. The molecule has 5 N–H and O–H groups in total. The zero-order valence-electron chi connectivity index (χ0n) is 15.1. The Morgan fingerprint density at radius 3 is 2.50 bits per heavy atom. The van der Waals surface area contributed by atoms with E-state index >= 15 is 0 Å². The summed E-state index contributed by atoms with van der Waals surface area (Å²) in [5.74, 6) is -3.17. The molecule has 28 heavy (non-hydrogen) atoms. The number of nitrogens with two attached hydrogens (primary N) is 1. The average molecular weight is 417 g/mol. The molecule has 2 heterocycles. The van der Waals surface area contributed by atoms with E-state index in [1.165, 1.54) is 26.8 Å². The quantitative estimate of drug-likeness (QED) is 0.163. The maximum Gasteiger partial charge on any atom is 0.362 e. The average Bonchev–Trinajstić information content (AvgIpc) is 2.97. The maximum absolute atomic E-state index is 12.6. The van der Waals surface area contributed by atoms with Crippen molar-refractivity contribution in [2.75, 3.05) is 0 Å². The Morgan fingerprint density at radius 2 is 2.07 bits per heavy atom. The molecule has 1 saturated heterocycles. The van der Waals surface area contributed by atoms with Crippen LogP contribution >= 0.6 is 0 Å². The molecule has 0 radical (unpaired) electrons. The lowest BCUT2D eigenvalue weighted by atomic mass is 10.0.